The van der Waals surface area contributed by atoms with Crippen LogP contribution in [0.3, 0.4) is 0 Å². The van der Waals surface area contributed by atoms with Crippen LogP contribution in [0.15, 0.2) is 30.3 Å². The van der Waals surface area contributed by atoms with Crippen molar-refractivity contribution in [1.29, 1.82) is 0 Å². The summed E-state index contributed by atoms with van der Waals surface area (Å²) in [6.45, 7) is 1.65. The van der Waals surface area contributed by atoms with Crippen LogP contribution in [0.1, 0.15) is 39.7 Å². The van der Waals surface area contributed by atoms with Gasteiger partial charge in [0.05, 0.1) is 5.56 Å². The molecule has 1 heterocycles. The lowest BCUT2D eigenvalue weighted by Crippen LogP contribution is -2.22. The number of primary amides is 1. The molecule has 3 rings (SSSR count). The van der Waals surface area contributed by atoms with Crippen molar-refractivity contribution in [3.63, 3.8) is 0 Å². The second-order valence-corrected chi connectivity index (χ2v) is 8.07. The molecule has 3 N–H and O–H groups in total. The van der Waals surface area contributed by atoms with E-state index < -0.39 is 24.4 Å². The van der Waals surface area contributed by atoms with Crippen LogP contribution in [0.2, 0.25) is 0 Å². The summed E-state index contributed by atoms with van der Waals surface area (Å²) < 4.78 is 17.8. The molecule has 0 aliphatic heterocycles. The second-order valence-electron chi connectivity index (χ2n) is 6.96. The standard InChI is InChI=1S/C21H21FN2O4S/c1-12-2-8-15-16(10-12)29-21(19(15)20(23)27)24-17(25)11-28-18(26)9-5-13-3-6-14(22)7-4-13/h3-7,9,12H,2,8,10-11H2,1H3,(H2,23,27)(H,24,25)/b9-5+/t12-/m1/s1. The third kappa shape index (κ3) is 5.29. The quantitative estimate of drug-likeness (QED) is 0.558. The van der Waals surface area contributed by atoms with Crippen LogP contribution in [0, 0.1) is 11.7 Å². The summed E-state index contributed by atoms with van der Waals surface area (Å²) in [5, 5.41) is 3.04. The van der Waals surface area contributed by atoms with Crippen molar-refractivity contribution in [3.05, 3.63) is 57.7 Å². The molecule has 29 heavy (non-hydrogen) atoms. The summed E-state index contributed by atoms with van der Waals surface area (Å²) in [6.07, 6.45) is 5.18. The Labute approximate surface area is 171 Å². The van der Waals surface area contributed by atoms with E-state index in [1.54, 1.807) is 0 Å². The van der Waals surface area contributed by atoms with Gasteiger partial charge in [-0.25, -0.2) is 9.18 Å². The Kier molecular flexibility index (Phi) is 6.43. The number of fused-ring (bicyclic) bond motifs is 1. The Hall–Kier alpha value is -3.00. The molecule has 2 amide bonds. The van der Waals surface area contributed by atoms with Crippen LogP contribution in [-0.4, -0.2) is 24.4 Å². The number of rotatable bonds is 6. The van der Waals surface area contributed by atoms with Gasteiger partial charge in [-0.15, -0.1) is 11.3 Å². The molecule has 8 heteroatoms. The lowest BCUT2D eigenvalue weighted by molar-refractivity contribution is -0.142. The van der Waals surface area contributed by atoms with Gasteiger partial charge in [0.25, 0.3) is 11.8 Å². The van der Waals surface area contributed by atoms with E-state index >= 15 is 0 Å². The first-order valence-corrected chi connectivity index (χ1v) is 9.99. The molecule has 0 saturated heterocycles. The molecular weight excluding hydrogens is 395 g/mol. The molecule has 2 aromatic rings. The van der Waals surface area contributed by atoms with Gasteiger partial charge in [-0.3, -0.25) is 9.59 Å². The monoisotopic (exact) mass is 416 g/mol. The highest BCUT2D eigenvalue weighted by molar-refractivity contribution is 7.17. The number of carbonyl (C=O) groups is 3. The highest BCUT2D eigenvalue weighted by Gasteiger charge is 2.27. The predicted octanol–water partition coefficient (Wildman–Crippen LogP) is 3.31. The minimum Gasteiger partial charge on any atom is -0.452 e. The number of amides is 2. The van der Waals surface area contributed by atoms with Crippen LogP contribution < -0.4 is 11.1 Å². The maximum absolute atomic E-state index is 12.9. The third-order valence-electron chi connectivity index (χ3n) is 4.64. The van der Waals surface area contributed by atoms with Crippen LogP contribution in [-0.2, 0) is 27.2 Å². The second kappa shape index (κ2) is 9.00. The summed E-state index contributed by atoms with van der Waals surface area (Å²) >= 11 is 1.35. The molecule has 1 atom stereocenters. The number of hydrogen-bond donors (Lipinski definition) is 2. The Morgan fingerprint density at radius 1 is 1.31 bits per heavy atom. The van der Waals surface area contributed by atoms with E-state index in [0.29, 0.717) is 22.0 Å². The highest BCUT2D eigenvalue weighted by Crippen LogP contribution is 2.39. The molecule has 0 saturated carbocycles. The topological polar surface area (TPSA) is 98.5 Å². The number of halogens is 1. The number of nitrogens with two attached hydrogens (primary N) is 1. The van der Waals surface area contributed by atoms with Crippen molar-refractivity contribution >= 4 is 40.2 Å². The summed E-state index contributed by atoms with van der Waals surface area (Å²) in [4.78, 5) is 36.9. The summed E-state index contributed by atoms with van der Waals surface area (Å²) in [7, 11) is 0. The number of esters is 1. The number of nitrogens with one attached hydrogen (secondary N) is 1. The smallest absolute Gasteiger partial charge is 0.331 e. The summed E-state index contributed by atoms with van der Waals surface area (Å²) in [5.41, 5.74) is 7.41. The first-order chi connectivity index (χ1) is 13.8. The fourth-order valence-electron chi connectivity index (χ4n) is 3.19. The number of ether oxygens (including phenoxy) is 1. The van der Waals surface area contributed by atoms with E-state index in [0.717, 1.165) is 35.8 Å². The number of carbonyl (C=O) groups excluding carboxylic acids is 3. The SMILES string of the molecule is C[C@@H]1CCc2c(sc(NC(=O)COC(=O)/C=C/c3ccc(F)cc3)c2C(N)=O)C1. The maximum atomic E-state index is 12.9. The zero-order valence-electron chi connectivity index (χ0n) is 15.9. The molecule has 0 unspecified atom stereocenters. The van der Waals surface area contributed by atoms with Crippen molar-refractivity contribution < 1.29 is 23.5 Å². The fraction of sp³-hybridized carbons (Fsp3) is 0.286. The summed E-state index contributed by atoms with van der Waals surface area (Å²) in [6, 6.07) is 5.57. The molecule has 152 valence electrons. The lowest BCUT2D eigenvalue weighted by Gasteiger charge is -2.18. The van der Waals surface area contributed by atoms with Crippen molar-refractivity contribution in [2.24, 2.45) is 11.7 Å². The van der Waals surface area contributed by atoms with Crippen molar-refractivity contribution in [2.45, 2.75) is 26.2 Å². The molecule has 0 fully saturated rings. The van der Waals surface area contributed by atoms with E-state index in [4.69, 9.17) is 10.5 Å². The van der Waals surface area contributed by atoms with Gasteiger partial charge in [0.2, 0.25) is 0 Å². The Morgan fingerprint density at radius 3 is 2.72 bits per heavy atom. The van der Waals surface area contributed by atoms with Crippen LogP contribution in [0.4, 0.5) is 9.39 Å². The Bertz CT molecular complexity index is 966. The fourth-order valence-corrected chi connectivity index (χ4v) is 4.62. The first kappa shape index (κ1) is 20.7. The van der Waals surface area contributed by atoms with Gasteiger partial charge in [-0.05, 0) is 54.5 Å². The Morgan fingerprint density at radius 2 is 2.03 bits per heavy atom. The van der Waals surface area contributed by atoms with E-state index in [1.165, 1.54) is 41.7 Å². The van der Waals surface area contributed by atoms with Gasteiger partial charge in [-0.1, -0.05) is 19.1 Å². The number of hydrogen-bond acceptors (Lipinski definition) is 5. The number of benzene rings is 1. The van der Waals surface area contributed by atoms with Crippen LogP contribution >= 0.6 is 11.3 Å². The summed E-state index contributed by atoms with van der Waals surface area (Å²) in [5.74, 6) is -1.70. The molecular formula is C21H21FN2O4S. The predicted molar refractivity (Wildman–Crippen MR) is 109 cm³/mol. The van der Waals surface area contributed by atoms with Gasteiger partial charge in [0.15, 0.2) is 6.61 Å². The van der Waals surface area contributed by atoms with Crippen molar-refractivity contribution in [1.82, 2.24) is 0 Å². The van der Waals surface area contributed by atoms with Gasteiger partial charge in [-0.2, -0.15) is 0 Å². The van der Waals surface area contributed by atoms with Crippen LogP contribution in [0.25, 0.3) is 6.08 Å². The minimum atomic E-state index is -0.709. The van der Waals surface area contributed by atoms with E-state index in [-0.39, 0.29) is 5.82 Å². The van der Waals surface area contributed by atoms with E-state index in [2.05, 4.69) is 12.2 Å². The molecule has 0 spiro atoms. The van der Waals surface area contributed by atoms with Gasteiger partial charge < -0.3 is 15.8 Å². The molecule has 1 aliphatic carbocycles. The van der Waals surface area contributed by atoms with Gasteiger partial charge in [0.1, 0.15) is 10.8 Å². The van der Waals surface area contributed by atoms with Gasteiger partial charge >= 0.3 is 5.97 Å². The minimum absolute atomic E-state index is 0.354. The third-order valence-corrected chi connectivity index (χ3v) is 5.81. The zero-order chi connectivity index (χ0) is 21.0. The highest BCUT2D eigenvalue weighted by atomic mass is 32.1. The number of thiophene rings is 1. The average molecular weight is 416 g/mol. The van der Waals surface area contributed by atoms with Gasteiger partial charge in [0, 0.05) is 11.0 Å². The maximum Gasteiger partial charge on any atom is 0.331 e. The zero-order valence-corrected chi connectivity index (χ0v) is 16.7. The molecule has 1 aromatic heterocycles. The van der Waals surface area contributed by atoms with Crippen LogP contribution in [0.5, 0.6) is 0 Å². The van der Waals surface area contributed by atoms with Crippen molar-refractivity contribution in [2.75, 3.05) is 11.9 Å². The van der Waals surface area contributed by atoms with E-state index in [9.17, 15) is 18.8 Å². The normalized spacial score (nSPS) is 15.7. The lowest BCUT2D eigenvalue weighted by atomic mass is 9.88. The molecule has 0 bridgehead atoms. The number of anilines is 1. The van der Waals surface area contributed by atoms with E-state index in [1.807, 2.05) is 0 Å². The molecule has 6 nitrogen and oxygen atoms in total. The molecule has 1 aromatic carbocycles. The largest absolute Gasteiger partial charge is 0.452 e. The van der Waals surface area contributed by atoms with Crippen molar-refractivity contribution in [3.8, 4) is 0 Å². The average Bonchev–Trinajstić information content (AvgIpc) is 3.02. The molecule has 1 aliphatic rings. The first-order valence-electron chi connectivity index (χ1n) is 9.18. The molecule has 0 radical (unpaired) electrons. The Balaban J connectivity index is 1.59.